The molecule has 1 aromatic rings. The highest BCUT2D eigenvalue weighted by Crippen LogP contribution is 2.29. The van der Waals surface area contributed by atoms with E-state index in [1.54, 1.807) is 24.3 Å². The molecule has 0 spiro atoms. The van der Waals surface area contributed by atoms with Crippen LogP contribution in [0.4, 0.5) is 4.39 Å². The van der Waals surface area contributed by atoms with E-state index in [1.165, 1.54) is 6.92 Å². The molecule has 0 aliphatic rings. The van der Waals surface area contributed by atoms with E-state index in [1.807, 2.05) is 6.07 Å². The van der Waals surface area contributed by atoms with Gasteiger partial charge in [0, 0.05) is 17.1 Å². The molecule has 0 fully saturated rings. The van der Waals surface area contributed by atoms with Crippen molar-refractivity contribution in [3.05, 3.63) is 40.4 Å². The molecule has 14 heavy (non-hydrogen) atoms. The lowest BCUT2D eigenvalue weighted by molar-refractivity contribution is 0.374. The van der Waals surface area contributed by atoms with E-state index in [0.717, 1.165) is 5.56 Å². The summed E-state index contributed by atoms with van der Waals surface area (Å²) in [5.74, 6) is 0. The van der Waals surface area contributed by atoms with Crippen LogP contribution >= 0.6 is 11.6 Å². The summed E-state index contributed by atoms with van der Waals surface area (Å²) in [7, 11) is 0. The zero-order chi connectivity index (χ0) is 10.6. The Morgan fingerprint density at radius 1 is 1.57 bits per heavy atom. The molecule has 0 amide bonds. The van der Waals surface area contributed by atoms with Crippen LogP contribution in [0.15, 0.2) is 24.3 Å². The Kier molecular flexibility index (Phi) is 4.11. The van der Waals surface area contributed by atoms with Crippen molar-refractivity contribution in [2.45, 2.75) is 13.1 Å². The van der Waals surface area contributed by atoms with Gasteiger partial charge in [-0.05, 0) is 18.6 Å². The molecular formula is C11H13ClFN. The van der Waals surface area contributed by atoms with Crippen LogP contribution in [0, 0.1) is 0 Å². The van der Waals surface area contributed by atoms with E-state index in [9.17, 15) is 4.39 Å². The molecule has 0 saturated heterocycles. The van der Waals surface area contributed by atoms with Gasteiger partial charge in [-0.1, -0.05) is 35.9 Å². The van der Waals surface area contributed by atoms with Crippen LogP contribution in [-0.4, -0.2) is 6.54 Å². The van der Waals surface area contributed by atoms with Gasteiger partial charge in [0.2, 0.25) is 0 Å². The van der Waals surface area contributed by atoms with Gasteiger partial charge in [0.1, 0.15) is 6.17 Å². The van der Waals surface area contributed by atoms with Gasteiger partial charge in [0.05, 0.1) is 0 Å². The molecule has 1 rings (SSSR count). The van der Waals surface area contributed by atoms with Crippen LogP contribution in [0.2, 0.25) is 5.02 Å². The van der Waals surface area contributed by atoms with Crippen molar-refractivity contribution < 1.29 is 4.39 Å². The van der Waals surface area contributed by atoms with Gasteiger partial charge in [-0.15, -0.1) is 0 Å². The molecule has 0 radical (unpaired) electrons. The number of hydrogen-bond acceptors (Lipinski definition) is 1. The van der Waals surface area contributed by atoms with Gasteiger partial charge in [0.25, 0.3) is 0 Å². The molecule has 76 valence electrons. The Morgan fingerprint density at radius 3 is 2.86 bits per heavy atom. The minimum absolute atomic E-state index is 0.437. The van der Waals surface area contributed by atoms with E-state index in [-0.39, 0.29) is 0 Å². The predicted octanol–water partition coefficient (Wildman–Crippen LogP) is 3.34. The monoisotopic (exact) mass is 213 g/mol. The molecule has 1 nitrogen and oxygen atoms in total. The summed E-state index contributed by atoms with van der Waals surface area (Å²) in [6, 6.07) is 5.31. The molecule has 0 aliphatic carbocycles. The molecule has 0 heterocycles. The van der Waals surface area contributed by atoms with E-state index in [2.05, 4.69) is 0 Å². The Labute approximate surface area is 88.4 Å². The highest BCUT2D eigenvalue weighted by Gasteiger charge is 2.11. The van der Waals surface area contributed by atoms with Crippen molar-refractivity contribution in [3.63, 3.8) is 0 Å². The maximum atomic E-state index is 13.2. The van der Waals surface area contributed by atoms with E-state index in [4.69, 9.17) is 17.3 Å². The van der Waals surface area contributed by atoms with Crippen molar-refractivity contribution in [1.82, 2.24) is 0 Å². The molecule has 3 heteroatoms. The van der Waals surface area contributed by atoms with E-state index < -0.39 is 6.17 Å². The second-order valence-corrected chi connectivity index (χ2v) is 3.40. The summed E-state index contributed by atoms with van der Waals surface area (Å²) in [6.45, 7) is 1.91. The van der Waals surface area contributed by atoms with Crippen molar-refractivity contribution in [3.8, 4) is 0 Å². The van der Waals surface area contributed by atoms with Crippen molar-refractivity contribution in [2.24, 2.45) is 5.73 Å². The van der Waals surface area contributed by atoms with Crippen LogP contribution in [0.1, 0.15) is 24.2 Å². The number of alkyl halides is 1. The van der Waals surface area contributed by atoms with Gasteiger partial charge in [-0.2, -0.15) is 0 Å². The third-order valence-corrected chi connectivity index (χ3v) is 2.25. The number of benzene rings is 1. The highest BCUT2D eigenvalue weighted by molar-refractivity contribution is 6.31. The van der Waals surface area contributed by atoms with Crippen LogP contribution in [-0.2, 0) is 0 Å². The van der Waals surface area contributed by atoms with Crippen molar-refractivity contribution in [2.75, 3.05) is 6.54 Å². The molecule has 1 atom stereocenters. The Balaban J connectivity index is 3.14. The van der Waals surface area contributed by atoms with Crippen LogP contribution < -0.4 is 5.73 Å². The minimum atomic E-state index is -1.07. The second-order valence-electron chi connectivity index (χ2n) is 3.00. The first-order valence-electron chi connectivity index (χ1n) is 4.46. The lowest BCUT2D eigenvalue weighted by atomic mass is 10.0. The van der Waals surface area contributed by atoms with E-state index >= 15 is 0 Å². The quantitative estimate of drug-likeness (QED) is 0.819. The summed E-state index contributed by atoms with van der Waals surface area (Å²) >= 11 is 5.90. The van der Waals surface area contributed by atoms with Gasteiger partial charge in [-0.3, -0.25) is 0 Å². The number of rotatable bonds is 3. The first-order chi connectivity index (χ1) is 6.66. The molecular weight excluding hydrogens is 201 g/mol. The summed E-state index contributed by atoms with van der Waals surface area (Å²) in [6.07, 6.45) is 2.50. The standard InChI is InChI=1S/C11H13ClFN/c1-8(13)11-9(5-3-7-14)4-2-6-10(11)12/h2-6,8H,7,14H2,1H3/b5-3+. The van der Waals surface area contributed by atoms with Gasteiger partial charge < -0.3 is 5.73 Å². The average Bonchev–Trinajstić information content (AvgIpc) is 2.14. The van der Waals surface area contributed by atoms with Crippen molar-refractivity contribution in [1.29, 1.82) is 0 Å². The average molecular weight is 214 g/mol. The van der Waals surface area contributed by atoms with Crippen LogP contribution in [0.5, 0.6) is 0 Å². The third-order valence-electron chi connectivity index (χ3n) is 1.92. The lowest BCUT2D eigenvalue weighted by Gasteiger charge is -2.09. The minimum Gasteiger partial charge on any atom is -0.327 e. The normalized spacial score (nSPS) is 13.4. The summed E-state index contributed by atoms with van der Waals surface area (Å²) in [5, 5.41) is 0.458. The number of nitrogens with two attached hydrogens (primary N) is 1. The molecule has 1 aromatic carbocycles. The molecule has 0 aromatic heterocycles. The predicted molar refractivity (Wildman–Crippen MR) is 59.1 cm³/mol. The Morgan fingerprint density at radius 2 is 2.29 bits per heavy atom. The highest BCUT2D eigenvalue weighted by atomic mass is 35.5. The molecule has 0 bridgehead atoms. The van der Waals surface area contributed by atoms with Gasteiger partial charge in [0.15, 0.2) is 0 Å². The largest absolute Gasteiger partial charge is 0.327 e. The SMILES string of the molecule is CC(F)c1c(Cl)cccc1/C=C/CN. The number of hydrogen-bond donors (Lipinski definition) is 1. The first kappa shape index (κ1) is 11.2. The Hall–Kier alpha value is -0.860. The fourth-order valence-electron chi connectivity index (χ4n) is 1.31. The molecule has 0 saturated carbocycles. The van der Waals surface area contributed by atoms with Crippen LogP contribution in [0.25, 0.3) is 6.08 Å². The zero-order valence-electron chi connectivity index (χ0n) is 8.00. The first-order valence-corrected chi connectivity index (χ1v) is 4.83. The summed E-state index contributed by atoms with van der Waals surface area (Å²) in [4.78, 5) is 0. The molecule has 0 aliphatic heterocycles. The lowest BCUT2D eigenvalue weighted by Crippen LogP contribution is -1.95. The Bertz CT molecular complexity index is 334. The maximum Gasteiger partial charge on any atom is 0.124 e. The summed E-state index contributed by atoms with van der Waals surface area (Å²) in [5.41, 5.74) is 6.64. The fraction of sp³-hybridized carbons (Fsp3) is 0.273. The van der Waals surface area contributed by atoms with Gasteiger partial charge >= 0.3 is 0 Å². The maximum absolute atomic E-state index is 13.2. The molecule has 1 unspecified atom stereocenters. The van der Waals surface area contributed by atoms with E-state index in [0.29, 0.717) is 17.1 Å². The number of halogens is 2. The second kappa shape index (κ2) is 5.13. The fourth-order valence-corrected chi connectivity index (χ4v) is 1.65. The third kappa shape index (κ3) is 2.56. The molecule has 2 N–H and O–H groups in total. The van der Waals surface area contributed by atoms with Crippen LogP contribution in [0.3, 0.4) is 0 Å². The summed E-state index contributed by atoms with van der Waals surface area (Å²) < 4.78 is 13.2. The zero-order valence-corrected chi connectivity index (χ0v) is 8.76. The van der Waals surface area contributed by atoms with Gasteiger partial charge in [-0.25, -0.2) is 4.39 Å². The smallest absolute Gasteiger partial charge is 0.124 e. The van der Waals surface area contributed by atoms with Crippen molar-refractivity contribution >= 4 is 17.7 Å². The topological polar surface area (TPSA) is 26.0 Å².